The number of hydrogen-bond acceptors (Lipinski definition) is 4. The fraction of sp³-hybridized carbons (Fsp3) is 0.429. The lowest BCUT2D eigenvalue weighted by Crippen LogP contribution is -2.48. The maximum atomic E-state index is 13.6. The number of H-pyrrole nitrogens is 1. The van der Waals surface area contributed by atoms with Crippen molar-refractivity contribution >= 4 is 22.8 Å². The van der Waals surface area contributed by atoms with Crippen molar-refractivity contribution in [2.24, 2.45) is 0 Å². The second kappa shape index (κ2) is 14.1. The molecule has 8 nitrogen and oxygen atoms in total. The van der Waals surface area contributed by atoms with E-state index in [2.05, 4.69) is 23.3 Å². The third kappa shape index (κ3) is 7.49. The number of carbonyl (C=O) groups excluding carboxylic acids is 2. The number of urea groups is 1. The van der Waals surface area contributed by atoms with E-state index in [1.807, 2.05) is 48.7 Å². The number of fused-ring (bicyclic) bond motifs is 1. The summed E-state index contributed by atoms with van der Waals surface area (Å²) in [6.45, 7) is 4.22. The molecule has 0 aliphatic carbocycles. The van der Waals surface area contributed by atoms with E-state index < -0.39 is 0 Å². The number of unbranched alkanes of at least 4 members (excludes halogenated alkanes) is 1. The number of ether oxygens (including phenoxy) is 2. The first-order chi connectivity index (χ1) is 17.6. The second-order valence-corrected chi connectivity index (χ2v) is 8.74. The Morgan fingerprint density at radius 2 is 1.75 bits per heavy atom. The Kier molecular flexibility index (Phi) is 10.6. The van der Waals surface area contributed by atoms with E-state index in [4.69, 9.17) is 9.47 Å². The Morgan fingerprint density at radius 1 is 0.972 bits per heavy atom. The van der Waals surface area contributed by atoms with Crippen LogP contribution in [0, 0.1) is 0 Å². The maximum absolute atomic E-state index is 13.6. The topological polar surface area (TPSA) is 86.9 Å². The maximum Gasteiger partial charge on any atom is 0.317 e. The van der Waals surface area contributed by atoms with Crippen LogP contribution in [0.15, 0.2) is 54.7 Å². The minimum Gasteiger partial charge on any atom is -0.496 e. The Hall–Kier alpha value is -3.52. The summed E-state index contributed by atoms with van der Waals surface area (Å²) in [4.78, 5) is 33.0. The van der Waals surface area contributed by atoms with Gasteiger partial charge in [-0.05, 0) is 30.5 Å². The van der Waals surface area contributed by atoms with Crippen LogP contribution in [-0.2, 0) is 22.5 Å². The third-order valence-electron chi connectivity index (χ3n) is 6.22. The van der Waals surface area contributed by atoms with E-state index >= 15 is 0 Å². The van der Waals surface area contributed by atoms with Crippen LogP contribution in [0.5, 0.6) is 5.75 Å². The molecule has 1 heterocycles. The highest BCUT2D eigenvalue weighted by atomic mass is 16.5. The molecule has 0 aliphatic heterocycles. The van der Waals surface area contributed by atoms with Crippen molar-refractivity contribution in [2.75, 3.05) is 47.0 Å². The van der Waals surface area contributed by atoms with Gasteiger partial charge in [0, 0.05) is 56.0 Å². The molecule has 36 heavy (non-hydrogen) atoms. The monoisotopic (exact) mass is 494 g/mol. The summed E-state index contributed by atoms with van der Waals surface area (Å²) in [5, 5.41) is 4.07. The Bertz CT molecular complexity index is 1110. The number of para-hydroxylation sites is 2. The number of amides is 3. The standard InChI is InChI=1S/C28H38N4O4/c1-4-5-15-29-28(34)32(17-18-35-2)21-27(33)31(20-23-10-6-9-13-26(23)36-3)16-14-22-19-30-25-12-8-7-11-24(22)25/h6-13,19,30H,4-5,14-18,20-21H2,1-3H3,(H,29,34). The number of rotatable bonds is 14. The lowest BCUT2D eigenvalue weighted by atomic mass is 10.1. The first-order valence-electron chi connectivity index (χ1n) is 12.5. The minimum absolute atomic E-state index is 0.0235. The molecule has 8 heteroatoms. The van der Waals surface area contributed by atoms with Crippen molar-refractivity contribution in [1.82, 2.24) is 20.1 Å². The molecule has 3 amide bonds. The van der Waals surface area contributed by atoms with Crippen LogP contribution in [0.3, 0.4) is 0 Å². The molecule has 2 aromatic carbocycles. The number of benzene rings is 2. The summed E-state index contributed by atoms with van der Waals surface area (Å²) in [6, 6.07) is 15.6. The number of carbonyl (C=O) groups is 2. The van der Waals surface area contributed by atoms with Crippen molar-refractivity contribution in [1.29, 1.82) is 0 Å². The van der Waals surface area contributed by atoms with Gasteiger partial charge in [0.15, 0.2) is 0 Å². The molecule has 0 fully saturated rings. The highest BCUT2D eigenvalue weighted by molar-refractivity contribution is 5.85. The van der Waals surface area contributed by atoms with Gasteiger partial charge in [-0.15, -0.1) is 0 Å². The van der Waals surface area contributed by atoms with Gasteiger partial charge in [0.05, 0.1) is 13.7 Å². The van der Waals surface area contributed by atoms with Crippen molar-refractivity contribution in [3.05, 3.63) is 65.9 Å². The van der Waals surface area contributed by atoms with E-state index in [0.717, 1.165) is 40.6 Å². The van der Waals surface area contributed by atoms with Crippen LogP contribution < -0.4 is 10.1 Å². The quantitative estimate of drug-likeness (QED) is 0.329. The van der Waals surface area contributed by atoms with Gasteiger partial charge in [-0.25, -0.2) is 4.79 Å². The first-order valence-corrected chi connectivity index (χ1v) is 12.5. The van der Waals surface area contributed by atoms with Gasteiger partial charge < -0.3 is 29.6 Å². The van der Waals surface area contributed by atoms with Gasteiger partial charge in [0.2, 0.25) is 5.91 Å². The summed E-state index contributed by atoms with van der Waals surface area (Å²) < 4.78 is 10.7. The molecular weight excluding hydrogens is 456 g/mol. The highest BCUT2D eigenvalue weighted by Gasteiger charge is 2.22. The highest BCUT2D eigenvalue weighted by Crippen LogP contribution is 2.22. The van der Waals surface area contributed by atoms with Crippen molar-refractivity contribution < 1.29 is 19.1 Å². The molecule has 0 spiro atoms. The molecule has 0 radical (unpaired) electrons. The van der Waals surface area contributed by atoms with Crippen molar-refractivity contribution in [3.63, 3.8) is 0 Å². The van der Waals surface area contributed by atoms with Gasteiger partial charge in [0.25, 0.3) is 0 Å². The number of nitrogens with zero attached hydrogens (tertiary/aromatic N) is 2. The zero-order chi connectivity index (χ0) is 25.8. The third-order valence-corrected chi connectivity index (χ3v) is 6.22. The zero-order valence-electron chi connectivity index (χ0n) is 21.6. The van der Waals surface area contributed by atoms with E-state index in [1.165, 1.54) is 4.90 Å². The predicted octanol–water partition coefficient (Wildman–Crippen LogP) is 4.21. The fourth-order valence-electron chi connectivity index (χ4n) is 4.13. The van der Waals surface area contributed by atoms with Crippen LogP contribution in [-0.4, -0.2) is 73.7 Å². The molecule has 194 valence electrons. The van der Waals surface area contributed by atoms with E-state index in [-0.39, 0.29) is 18.5 Å². The molecule has 0 saturated carbocycles. The van der Waals surface area contributed by atoms with Gasteiger partial charge in [-0.2, -0.15) is 0 Å². The van der Waals surface area contributed by atoms with Crippen LogP contribution in [0.1, 0.15) is 30.9 Å². The number of hydrogen-bond donors (Lipinski definition) is 2. The Morgan fingerprint density at radius 3 is 2.53 bits per heavy atom. The summed E-state index contributed by atoms with van der Waals surface area (Å²) in [7, 11) is 3.22. The average Bonchev–Trinajstić information content (AvgIpc) is 3.32. The molecule has 0 saturated heterocycles. The summed E-state index contributed by atoms with van der Waals surface area (Å²) in [5.41, 5.74) is 3.14. The Balaban J connectivity index is 1.78. The SMILES string of the molecule is CCCCNC(=O)N(CCOC)CC(=O)N(CCc1c[nH]c2ccccc12)Cc1ccccc1OC. The number of aromatic amines is 1. The molecule has 0 bridgehead atoms. The normalized spacial score (nSPS) is 10.9. The smallest absolute Gasteiger partial charge is 0.317 e. The second-order valence-electron chi connectivity index (χ2n) is 8.74. The van der Waals surface area contributed by atoms with E-state index in [9.17, 15) is 9.59 Å². The molecule has 0 unspecified atom stereocenters. The zero-order valence-corrected chi connectivity index (χ0v) is 21.6. The van der Waals surface area contributed by atoms with Gasteiger partial charge in [0.1, 0.15) is 12.3 Å². The van der Waals surface area contributed by atoms with Crippen molar-refractivity contribution in [3.8, 4) is 5.75 Å². The molecule has 3 aromatic rings. The number of aromatic nitrogens is 1. The van der Waals surface area contributed by atoms with Gasteiger partial charge in [-0.3, -0.25) is 4.79 Å². The molecule has 0 atom stereocenters. The summed E-state index contributed by atoms with van der Waals surface area (Å²) in [5.74, 6) is 0.610. The summed E-state index contributed by atoms with van der Waals surface area (Å²) >= 11 is 0. The lowest BCUT2D eigenvalue weighted by molar-refractivity contribution is -0.132. The van der Waals surface area contributed by atoms with E-state index in [1.54, 1.807) is 19.1 Å². The Labute approximate surface area is 213 Å². The fourth-order valence-corrected chi connectivity index (χ4v) is 4.13. The molecular formula is C28H38N4O4. The summed E-state index contributed by atoms with van der Waals surface area (Å²) in [6.07, 6.45) is 4.56. The van der Waals surface area contributed by atoms with Crippen molar-refractivity contribution in [2.45, 2.75) is 32.7 Å². The number of methoxy groups -OCH3 is 2. The molecule has 3 rings (SSSR count). The first kappa shape index (κ1) is 27.1. The van der Waals surface area contributed by atoms with Gasteiger partial charge in [-0.1, -0.05) is 49.7 Å². The lowest BCUT2D eigenvalue weighted by Gasteiger charge is -2.28. The van der Waals surface area contributed by atoms with Gasteiger partial charge >= 0.3 is 6.03 Å². The molecule has 2 N–H and O–H groups in total. The minimum atomic E-state index is -0.247. The van der Waals surface area contributed by atoms with Crippen LogP contribution >= 0.6 is 0 Å². The van der Waals surface area contributed by atoms with Crippen LogP contribution in [0.4, 0.5) is 4.79 Å². The predicted molar refractivity (Wildman–Crippen MR) is 142 cm³/mol. The van der Waals surface area contributed by atoms with E-state index in [0.29, 0.717) is 39.2 Å². The number of nitrogens with one attached hydrogen (secondary N) is 2. The average molecular weight is 495 g/mol. The molecule has 1 aromatic heterocycles. The largest absolute Gasteiger partial charge is 0.496 e. The van der Waals surface area contributed by atoms with Crippen LogP contribution in [0.2, 0.25) is 0 Å². The molecule has 0 aliphatic rings. The van der Waals surface area contributed by atoms with Crippen LogP contribution in [0.25, 0.3) is 10.9 Å².